The average Bonchev–Trinajstić information content (AvgIpc) is 2.50. The molecule has 2 heterocycles. The summed E-state index contributed by atoms with van der Waals surface area (Å²) in [4.78, 5) is 8.34. The Balaban J connectivity index is 1.75. The molecule has 1 aliphatic rings. The molecule has 0 amide bonds. The minimum absolute atomic E-state index is 0.303. The lowest BCUT2D eigenvalue weighted by atomic mass is 10.2. The number of rotatable bonds is 3. The Labute approximate surface area is 116 Å². The van der Waals surface area contributed by atoms with Gasteiger partial charge in [0.05, 0.1) is 5.71 Å². The van der Waals surface area contributed by atoms with Crippen LogP contribution in [0.25, 0.3) is 0 Å². The van der Waals surface area contributed by atoms with Crippen molar-refractivity contribution < 1.29 is 4.74 Å². The van der Waals surface area contributed by atoms with Crippen LogP contribution in [0.1, 0.15) is 5.56 Å². The van der Waals surface area contributed by atoms with Crippen molar-refractivity contribution in [2.45, 2.75) is 0 Å². The van der Waals surface area contributed by atoms with Crippen LogP contribution >= 0.6 is 0 Å². The van der Waals surface area contributed by atoms with E-state index in [0.29, 0.717) is 11.8 Å². The van der Waals surface area contributed by atoms with Gasteiger partial charge in [0.15, 0.2) is 0 Å². The van der Waals surface area contributed by atoms with Crippen LogP contribution in [0.5, 0.6) is 11.8 Å². The first kappa shape index (κ1) is 12.1. The molecular weight excluding hydrogens is 252 g/mol. The predicted molar refractivity (Wildman–Crippen MR) is 76.5 cm³/mol. The molecule has 2 aromatic rings. The number of aromatic nitrogens is 2. The zero-order valence-electron chi connectivity index (χ0n) is 10.7. The summed E-state index contributed by atoms with van der Waals surface area (Å²) in [7, 11) is 0. The summed E-state index contributed by atoms with van der Waals surface area (Å²) in [5, 5.41) is 4.15. The topological polar surface area (TPSA) is 59.4 Å². The second kappa shape index (κ2) is 5.36. The van der Waals surface area contributed by atoms with Crippen molar-refractivity contribution in [3.8, 4) is 11.8 Å². The van der Waals surface area contributed by atoms with Crippen LogP contribution in [0, 0.1) is 0 Å². The molecule has 0 unspecified atom stereocenters. The molecule has 0 aliphatic carbocycles. The second-order valence-electron chi connectivity index (χ2n) is 4.14. The van der Waals surface area contributed by atoms with Crippen molar-refractivity contribution in [2.75, 3.05) is 0 Å². The van der Waals surface area contributed by atoms with E-state index in [0.717, 1.165) is 17.0 Å². The van der Waals surface area contributed by atoms with E-state index in [9.17, 15) is 0 Å². The van der Waals surface area contributed by atoms with Gasteiger partial charge in [0.25, 0.3) is 0 Å². The van der Waals surface area contributed by atoms with Gasteiger partial charge >= 0.3 is 6.01 Å². The molecule has 0 spiro atoms. The van der Waals surface area contributed by atoms with E-state index in [1.807, 2.05) is 42.5 Å². The highest BCUT2D eigenvalue weighted by molar-refractivity contribution is 6.08. The molecule has 1 aromatic heterocycles. The van der Waals surface area contributed by atoms with Crippen molar-refractivity contribution in [1.29, 1.82) is 0 Å². The van der Waals surface area contributed by atoms with Gasteiger partial charge in [-0.25, -0.2) is 9.97 Å². The van der Waals surface area contributed by atoms with Gasteiger partial charge in [-0.05, 0) is 24.3 Å². The van der Waals surface area contributed by atoms with Crippen LogP contribution in [0.4, 0.5) is 0 Å². The van der Waals surface area contributed by atoms with Gasteiger partial charge in [-0.2, -0.15) is 5.10 Å². The van der Waals surface area contributed by atoms with Gasteiger partial charge in [-0.1, -0.05) is 24.8 Å². The van der Waals surface area contributed by atoms with Gasteiger partial charge in [0, 0.05) is 23.7 Å². The van der Waals surface area contributed by atoms with Gasteiger partial charge in [0.2, 0.25) is 0 Å². The molecule has 1 N–H and O–H groups in total. The second-order valence-corrected chi connectivity index (χ2v) is 4.14. The van der Waals surface area contributed by atoms with Crippen molar-refractivity contribution in [3.63, 3.8) is 0 Å². The van der Waals surface area contributed by atoms with Crippen LogP contribution in [0.3, 0.4) is 0 Å². The quantitative estimate of drug-likeness (QED) is 0.925. The van der Waals surface area contributed by atoms with Crippen molar-refractivity contribution in [3.05, 3.63) is 72.7 Å². The van der Waals surface area contributed by atoms with Crippen LogP contribution in [0.15, 0.2) is 72.3 Å². The van der Waals surface area contributed by atoms with Gasteiger partial charge in [-0.15, -0.1) is 0 Å². The molecule has 3 rings (SSSR count). The third kappa shape index (κ3) is 2.72. The molecule has 0 radical (unpaired) electrons. The Hall–Kier alpha value is -2.95. The third-order valence-electron chi connectivity index (χ3n) is 2.64. The van der Waals surface area contributed by atoms with Gasteiger partial charge in [0.1, 0.15) is 5.75 Å². The minimum atomic E-state index is 0.303. The van der Waals surface area contributed by atoms with Crippen molar-refractivity contribution in [2.24, 2.45) is 5.10 Å². The highest BCUT2D eigenvalue weighted by atomic mass is 16.5. The molecule has 1 aromatic carbocycles. The highest BCUT2D eigenvalue weighted by Gasteiger charge is 2.07. The number of para-hydroxylation sites is 1. The first-order chi connectivity index (χ1) is 9.81. The maximum Gasteiger partial charge on any atom is 0.321 e. The summed E-state index contributed by atoms with van der Waals surface area (Å²) in [6.07, 6.45) is 7.04. The molecule has 0 fully saturated rings. The Morgan fingerprint density at radius 3 is 2.40 bits per heavy atom. The fourth-order valence-electron chi connectivity index (χ4n) is 1.64. The molecule has 0 saturated heterocycles. The molecule has 0 atom stereocenters. The summed E-state index contributed by atoms with van der Waals surface area (Å²) in [6.45, 7) is 3.75. The van der Waals surface area contributed by atoms with Crippen molar-refractivity contribution in [1.82, 2.24) is 15.4 Å². The fraction of sp³-hybridized carbons (Fsp3) is 0. The van der Waals surface area contributed by atoms with Crippen LogP contribution in [0.2, 0.25) is 0 Å². The maximum atomic E-state index is 5.53. The van der Waals surface area contributed by atoms with Crippen LogP contribution < -0.4 is 10.2 Å². The summed E-state index contributed by atoms with van der Waals surface area (Å²) < 4.78 is 5.53. The van der Waals surface area contributed by atoms with Crippen molar-refractivity contribution >= 4 is 5.71 Å². The summed E-state index contributed by atoms with van der Waals surface area (Å²) in [5.74, 6) is 0.702. The first-order valence-corrected chi connectivity index (χ1v) is 6.07. The highest BCUT2D eigenvalue weighted by Crippen LogP contribution is 2.16. The average molecular weight is 264 g/mol. The molecule has 5 nitrogen and oxygen atoms in total. The predicted octanol–water partition coefficient (Wildman–Crippen LogP) is 2.65. The number of hydrogen-bond acceptors (Lipinski definition) is 5. The molecule has 98 valence electrons. The lowest BCUT2D eigenvalue weighted by Crippen LogP contribution is -2.13. The normalized spacial score (nSPS) is 13.6. The molecule has 5 heteroatoms. The Bertz CT molecular complexity index is 675. The summed E-state index contributed by atoms with van der Waals surface area (Å²) in [5.41, 5.74) is 5.11. The van der Waals surface area contributed by atoms with E-state index in [2.05, 4.69) is 27.1 Å². The van der Waals surface area contributed by atoms with Gasteiger partial charge in [-0.3, -0.25) is 5.43 Å². The molecular formula is C15H12N4O. The molecule has 1 aliphatic heterocycles. The smallest absolute Gasteiger partial charge is 0.321 e. The first-order valence-electron chi connectivity index (χ1n) is 6.07. The largest absolute Gasteiger partial charge is 0.424 e. The van der Waals surface area contributed by atoms with E-state index >= 15 is 0 Å². The lowest BCUT2D eigenvalue weighted by molar-refractivity contribution is 0.441. The standard InChI is InChI=1S/C15H12N4O/c1-11-7-8-14(19-18-11)12-9-16-15(17-10-12)20-13-5-3-2-4-6-13/h2-10,18H,1H2. The third-order valence-corrected chi connectivity index (χ3v) is 2.64. The van der Waals surface area contributed by atoms with E-state index in [4.69, 9.17) is 4.74 Å². The monoisotopic (exact) mass is 264 g/mol. The number of allylic oxidation sites excluding steroid dienone is 2. The zero-order valence-corrected chi connectivity index (χ0v) is 10.7. The Morgan fingerprint density at radius 1 is 1.00 bits per heavy atom. The zero-order chi connectivity index (χ0) is 13.8. The maximum absolute atomic E-state index is 5.53. The molecule has 20 heavy (non-hydrogen) atoms. The number of ether oxygens (including phenoxy) is 1. The summed E-state index contributed by atoms with van der Waals surface area (Å²) in [6, 6.07) is 9.71. The van der Waals surface area contributed by atoms with Crippen LogP contribution in [-0.4, -0.2) is 15.7 Å². The Kier molecular flexibility index (Phi) is 3.24. The van der Waals surface area contributed by atoms with E-state index in [1.165, 1.54) is 0 Å². The number of hydrazone groups is 1. The van der Waals surface area contributed by atoms with E-state index in [-0.39, 0.29) is 0 Å². The number of hydrogen-bond donors (Lipinski definition) is 1. The summed E-state index contributed by atoms with van der Waals surface area (Å²) >= 11 is 0. The van der Waals surface area contributed by atoms with Gasteiger partial charge < -0.3 is 4.74 Å². The van der Waals surface area contributed by atoms with E-state index < -0.39 is 0 Å². The number of nitrogens with one attached hydrogen (secondary N) is 1. The SMILES string of the molecule is C=C1C=CC(c2cnc(Oc3ccccc3)nc2)=NN1. The molecule has 0 saturated carbocycles. The fourth-order valence-corrected chi connectivity index (χ4v) is 1.64. The minimum Gasteiger partial charge on any atom is -0.424 e. The van der Waals surface area contributed by atoms with E-state index in [1.54, 1.807) is 12.4 Å². The van der Waals surface area contributed by atoms with Crippen LogP contribution in [-0.2, 0) is 0 Å². The molecule has 0 bridgehead atoms. The number of benzene rings is 1. The lowest BCUT2D eigenvalue weighted by Gasteiger charge is -2.09. The number of nitrogens with zero attached hydrogens (tertiary/aromatic N) is 3. The Morgan fingerprint density at radius 2 is 1.75 bits per heavy atom.